The zero-order chi connectivity index (χ0) is 11.1. The van der Waals surface area contributed by atoms with Crippen LogP contribution in [-0.4, -0.2) is 29.5 Å². The average molecular weight is 230 g/mol. The van der Waals surface area contributed by atoms with E-state index in [1.165, 1.54) is 0 Å². The van der Waals surface area contributed by atoms with Crippen LogP contribution in [0.4, 0.5) is 5.95 Å². The molecule has 1 aromatic heterocycles. The fraction of sp³-hybridized carbons (Fsp3) is 0.600. The van der Waals surface area contributed by atoms with Crippen LogP contribution in [0.15, 0.2) is 12.3 Å². The Labute approximate surface area is 95.0 Å². The quantitative estimate of drug-likeness (QED) is 0.760. The van der Waals surface area contributed by atoms with Crippen molar-refractivity contribution in [3.8, 4) is 5.88 Å². The van der Waals surface area contributed by atoms with Gasteiger partial charge in [-0.05, 0) is 12.3 Å². The van der Waals surface area contributed by atoms with Crippen molar-refractivity contribution in [1.82, 2.24) is 9.97 Å². The smallest absolute Gasteiger partial charge is 0.225 e. The second-order valence-electron chi connectivity index (χ2n) is 3.39. The van der Waals surface area contributed by atoms with Gasteiger partial charge in [-0.15, -0.1) is 11.6 Å². The molecule has 1 heterocycles. The number of nitrogens with one attached hydrogen (secondary N) is 1. The standard InChI is InChI=1S/C10H16ClN3O/c1-8(3-5-11)7-13-10-12-6-4-9(14-10)15-2/h4,6,8H,3,5,7H2,1-2H3,(H,12,13,14). The molecule has 0 amide bonds. The number of nitrogens with zero attached hydrogens (tertiary/aromatic N) is 2. The summed E-state index contributed by atoms with van der Waals surface area (Å²) in [6.07, 6.45) is 2.65. The lowest BCUT2D eigenvalue weighted by atomic mass is 10.1. The molecule has 0 aliphatic heterocycles. The fourth-order valence-corrected chi connectivity index (χ4v) is 1.47. The Morgan fingerprint density at radius 2 is 2.40 bits per heavy atom. The lowest BCUT2D eigenvalue weighted by Gasteiger charge is -2.10. The van der Waals surface area contributed by atoms with Crippen molar-refractivity contribution in [3.05, 3.63) is 12.3 Å². The zero-order valence-electron chi connectivity index (χ0n) is 9.03. The second kappa shape index (κ2) is 6.45. The topological polar surface area (TPSA) is 47.0 Å². The molecule has 0 saturated carbocycles. The van der Waals surface area contributed by atoms with Gasteiger partial charge in [-0.3, -0.25) is 0 Å². The largest absolute Gasteiger partial charge is 0.481 e. The first-order valence-corrected chi connectivity index (χ1v) is 5.46. The van der Waals surface area contributed by atoms with E-state index in [4.69, 9.17) is 16.3 Å². The fourth-order valence-electron chi connectivity index (χ4n) is 1.09. The van der Waals surface area contributed by atoms with Gasteiger partial charge in [0.1, 0.15) is 0 Å². The number of rotatable bonds is 6. The molecule has 0 spiro atoms. The summed E-state index contributed by atoms with van der Waals surface area (Å²) in [6, 6.07) is 1.72. The third-order valence-corrected chi connectivity index (χ3v) is 2.27. The van der Waals surface area contributed by atoms with Gasteiger partial charge >= 0.3 is 0 Å². The summed E-state index contributed by atoms with van der Waals surface area (Å²) < 4.78 is 5.00. The van der Waals surface area contributed by atoms with Gasteiger partial charge in [0.25, 0.3) is 0 Å². The maximum Gasteiger partial charge on any atom is 0.225 e. The van der Waals surface area contributed by atoms with Crippen LogP contribution < -0.4 is 10.1 Å². The number of aromatic nitrogens is 2. The molecular weight excluding hydrogens is 214 g/mol. The highest BCUT2D eigenvalue weighted by Gasteiger charge is 2.03. The van der Waals surface area contributed by atoms with Crippen LogP contribution in [0.1, 0.15) is 13.3 Å². The third kappa shape index (κ3) is 4.34. The first-order chi connectivity index (χ1) is 7.26. The maximum atomic E-state index is 5.65. The number of ether oxygens (including phenoxy) is 1. The van der Waals surface area contributed by atoms with E-state index in [0.717, 1.165) is 13.0 Å². The van der Waals surface area contributed by atoms with Gasteiger partial charge in [0.2, 0.25) is 11.8 Å². The van der Waals surface area contributed by atoms with Gasteiger partial charge in [0.15, 0.2) is 0 Å². The zero-order valence-corrected chi connectivity index (χ0v) is 9.79. The number of hydrogen-bond donors (Lipinski definition) is 1. The van der Waals surface area contributed by atoms with E-state index in [2.05, 4.69) is 22.2 Å². The minimum absolute atomic E-state index is 0.511. The highest BCUT2D eigenvalue weighted by atomic mass is 35.5. The SMILES string of the molecule is COc1ccnc(NCC(C)CCCl)n1. The number of anilines is 1. The van der Waals surface area contributed by atoms with E-state index in [1.807, 2.05) is 0 Å². The van der Waals surface area contributed by atoms with Crippen molar-refractivity contribution >= 4 is 17.5 Å². The van der Waals surface area contributed by atoms with Crippen LogP contribution in [0.5, 0.6) is 5.88 Å². The highest BCUT2D eigenvalue weighted by Crippen LogP contribution is 2.09. The first kappa shape index (κ1) is 12.0. The normalized spacial score (nSPS) is 12.2. The van der Waals surface area contributed by atoms with Crippen LogP contribution in [0.25, 0.3) is 0 Å². The Hall–Kier alpha value is -1.03. The third-order valence-electron chi connectivity index (χ3n) is 2.05. The molecular formula is C10H16ClN3O. The molecule has 0 radical (unpaired) electrons. The van der Waals surface area contributed by atoms with E-state index in [-0.39, 0.29) is 0 Å². The highest BCUT2D eigenvalue weighted by molar-refractivity contribution is 6.17. The number of alkyl halides is 1. The van der Waals surface area contributed by atoms with E-state index in [1.54, 1.807) is 19.4 Å². The predicted octanol–water partition coefficient (Wildman–Crippen LogP) is 2.16. The first-order valence-electron chi connectivity index (χ1n) is 4.93. The molecule has 1 aromatic rings. The lowest BCUT2D eigenvalue weighted by Crippen LogP contribution is -2.13. The van der Waals surface area contributed by atoms with Crippen molar-refractivity contribution in [3.63, 3.8) is 0 Å². The molecule has 0 aromatic carbocycles. The summed E-state index contributed by atoms with van der Waals surface area (Å²) in [5, 5.41) is 3.14. The molecule has 1 unspecified atom stereocenters. The molecule has 1 atom stereocenters. The van der Waals surface area contributed by atoms with Crippen LogP contribution in [-0.2, 0) is 0 Å². The molecule has 1 rings (SSSR count). The summed E-state index contributed by atoms with van der Waals surface area (Å²) in [4.78, 5) is 8.23. The van der Waals surface area contributed by atoms with Crippen molar-refractivity contribution in [1.29, 1.82) is 0 Å². The van der Waals surface area contributed by atoms with Gasteiger partial charge in [-0.25, -0.2) is 4.98 Å². The Morgan fingerprint density at radius 3 is 3.07 bits per heavy atom. The molecule has 5 heteroatoms. The molecule has 0 fully saturated rings. The van der Waals surface area contributed by atoms with Crippen molar-refractivity contribution in [2.24, 2.45) is 5.92 Å². The predicted molar refractivity (Wildman–Crippen MR) is 61.6 cm³/mol. The van der Waals surface area contributed by atoms with E-state index < -0.39 is 0 Å². The van der Waals surface area contributed by atoms with Gasteiger partial charge in [-0.2, -0.15) is 4.98 Å². The van der Waals surface area contributed by atoms with Crippen LogP contribution in [0, 0.1) is 5.92 Å². The van der Waals surface area contributed by atoms with Gasteiger partial charge in [-0.1, -0.05) is 6.92 Å². The molecule has 0 bridgehead atoms. The maximum absolute atomic E-state index is 5.65. The van der Waals surface area contributed by atoms with Crippen LogP contribution >= 0.6 is 11.6 Å². The molecule has 15 heavy (non-hydrogen) atoms. The minimum atomic E-state index is 0.511. The van der Waals surface area contributed by atoms with Gasteiger partial charge in [0, 0.05) is 24.7 Å². The average Bonchev–Trinajstić information content (AvgIpc) is 2.27. The number of halogens is 1. The molecule has 0 saturated heterocycles. The van der Waals surface area contributed by atoms with Crippen molar-refractivity contribution in [2.75, 3.05) is 24.9 Å². The molecule has 4 nitrogen and oxygen atoms in total. The number of hydrogen-bond acceptors (Lipinski definition) is 4. The van der Waals surface area contributed by atoms with E-state index in [0.29, 0.717) is 23.6 Å². The Balaban J connectivity index is 2.43. The van der Waals surface area contributed by atoms with Crippen LogP contribution in [0.2, 0.25) is 0 Å². The number of methoxy groups -OCH3 is 1. The summed E-state index contributed by atoms with van der Waals surface area (Å²) >= 11 is 5.65. The minimum Gasteiger partial charge on any atom is -0.481 e. The summed E-state index contributed by atoms with van der Waals surface area (Å²) in [5.41, 5.74) is 0. The monoisotopic (exact) mass is 229 g/mol. The summed E-state index contributed by atoms with van der Waals surface area (Å²) in [7, 11) is 1.59. The molecule has 0 aliphatic rings. The Kier molecular flexibility index (Phi) is 5.18. The molecule has 1 N–H and O–H groups in total. The summed E-state index contributed by atoms with van der Waals surface area (Å²) in [6.45, 7) is 2.95. The van der Waals surface area contributed by atoms with Gasteiger partial charge < -0.3 is 10.1 Å². The van der Waals surface area contributed by atoms with E-state index >= 15 is 0 Å². The molecule has 84 valence electrons. The van der Waals surface area contributed by atoms with Crippen molar-refractivity contribution < 1.29 is 4.74 Å². The lowest BCUT2D eigenvalue weighted by molar-refractivity contribution is 0.397. The Bertz CT molecular complexity index is 296. The van der Waals surface area contributed by atoms with Crippen molar-refractivity contribution in [2.45, 2.75) is 13.3 Å². The van der Waals surface area contributed by atoms with Crippen LogP contribution in [0.3, 0.4) is 0 Å². The second-order valence-corrected chi connectivity index (χ2v) is 3.76. The summed E-state index contributed by atoms with van der Waals surface area (Å²) in [5.74, 6) is 2.35. The van der Waals surface area contributed by atoms with Gasteiger partial charge in [0.05, 0.1) is 7.11 Å². The Morgan fingerprint density at radius 1 is 1.60 bits per heavy atom. The van der Waals surface area contributed by atoms with E-state index in [9.17, 15) is 0 Å². The molecule has 0 aliphatic carbocycles.